The van der Waals surface area contributed by atoms with Gasteiger partial charge in [-0.25, -0.2) is 0 Å². The van der Waals surface area contributed by atoms with Crippen LogP contribution in [0.5, 0.6) is 0 Å². The summed E-state index contributed by atoms with van der Waals surface area (Å²) in [7, 11) is 0. The minimum Gasteiger partial charge on any atom is -0.396 e. The van der Waals surface area contributed by atoms with Crippen molar-refractivity contribution in [1.29, 1.82) is 0 Å². The molecule has 0 aromatic rings. The summed E-state index contributed by atoms with van der Waals surface area (Å²) in [6.07, 6.45) is 4.14. The van der Waals surface area contributed by atoms with Crippen molar-refractivity contribution in [3.8, 4) is 0 Å². The van der Waals surface area contributed by atoms with Crippen LogP contribution in [0.1, 0.15) is 12.8 Å². The minimum atomic E-state index is 0.277. The maximum atomic E-state index is 8.88. The fraction of sp³-hybridized carbons (Fsp3) is 1.00. The first-order chi connectivity index (χ1) is 6.86. The van der Waals surface area contributed by atoms with Crippen LogP contribution in [0, 0.1) is 5.92 Å². The van der Waals surface area contributed by atoms with Gasteiger partial charge in [-0.05, 0) is 25.0 Å². The number of hydrogen-bond donors (Lipinski definition) is 2. The zero-order chi connectivity index (χ0) is 10.2. The average molecular weight is 219 g/mol. The summed E-state index contributed by atoms with van der Waals surface area (Å²) in [5, 5.41) is 12.4. The van der Waals surface area contributed by atoms with Crippen LogP contribution >= 0.6 is 11.8 Å². The molecule has 1 aliphatic rings. The molecule has 3 nitrogen and oxygen atoms in total. The molecule has 2 unspecified atom stereocenters. The van der Waals surface area contributed by atoms with Crippen molar-refractivity contribution in [2.45, 2.75) is 18.9 Å². The van der Waals surface area contributed by atoms with E-state index in [2.05, 4.69) is 11.6 Å². The highest BCUT2D eigenvalue weighted by Gasteiger charge is 2.16. The first-order valence-corrected chi connectivity index (χ1v) is 6.67. The lowest BCUT2D eigenvalue weighted by atomic mass is 10.1. The van der Waals surface area contributed by atoms with Crippen LogP contribution in [0.25, 0.3) is 0 Å². The molecule has 1 rings (SSSR count). The van der Waals surface area contributed by atoms with Gasteiger partial charge in [0, 0.05) is 31.6 Å². The second-order valence-electron chi connectivity index (χ2n) is 3.80. The number of aliphatic hydroxyl groups is 1. The molecule has 1 heterocycles. The number of rotatable bonds is 7. The number of nitrogens with one attached hydrogen (secondary N) is 1. The van der Waals surface area contributed by atoms with Gasteiger partial charge in [-0.15, -0.1) is 0 Å². The number of aliphatic hydroxyl groups excluding tert-OH is 1. The Labute approximate surface area is 90.6 Å². The van der Waals surface area contributed by atoms with Gasteiger partial charge in [0.15, 0.2) is 0 Å². The van der Waals surface area contributed by atoms with Crippen LogP contribution in [-0.2, 0) is 4.74 Å². The number of hydrogen-bond acceptors (Lipinski definition) is 4. The Morgan fingerprint density at radius 2 is 2.50 bits per heavy atom. The number of ether oxygens (including phenoxy) is 1. The largest absolute Gasteiger partial charge is 0.396 e. The van der Waals surface area contributed by atoms with Crippen LogP contribution in [0.2, 0.25) is 0 Å². The standard InChI is InChI=1S/C10H21NO2S/c1-14-8-10(2-4-12)11-6-9-3-5-13-7-9/h9-12H,2-8H2,1H3. The first-order valence-electron chi connectivity index (χ1n) is 5.27. The molecule has 84 valence electrons. The van der Waals surface area contributed by atoms with Gasteiger partial charge in [-0.3, -0.25) is 0 Å². The predicted octanol–water partition coefficient (Wildman–Crippen LogP) is 0.726. The van der Waals surface area contributed by atoms with Crippen LogP contribution in [0.3, 0.4) is 0 Å². The Balaban J connectivity index is 2.10. The molecule has 0 bridgehead atoms. The van der Waals surface area contributed by atoms with Crippen LogP contribution in [0.4, 0.5) is 0 Å². The van der Waals surface area contributed by atoms with Gasteiger partial charge in [-0.1, -0.05) is 0 Å². The van der Waals surface area contributed by atoms with Crippen molar-refractivity contribution in [2.75, 3.05) is 38.4 Å². The third-order valence-electron chi connectivity index (χ3n) is 2.56. The van der Waals surface area contributed by atoms with E-state index in [0.717, 1.165) is 31.9 Å². The Bertz CT molecular complexity index is 134. The third-order valence-corrected chi connectivity index (χ3v) is 3.30. The maximum Gasteiger partial charge on any atom is 0.0507 e. The van der Waals surface area contributed by atoms with E-state index in [1.807, 2.05) is 11.8 Å². The smallest absolute Gasteiger partial charge is 0.0507 e. The van der Waals surface area contributed by atoms with E-state index in [0.29, 0.717) is 12.0 Å². The second-order valence-corrected chi connectivity index (χ2v) is 4.71. The minimum absolute atomic E-state index is 0.277. The molecule has 0 spiro atoms. The van der Waals surface area contributed by atoms with E-state index in [-0.39, 0.29) is 6.61 Å². The molecule has 0 aromatic heterocycles. The van der Waals surface area contributed by atoms with E-state index < -0.39 is 0 Å². The van der Waals surface area contributed by atoms with Gasteiger partial charge in [0.1, 0.15) is 0 Å². The van der Waals surface area contributed by atoms with E-state index in [1.165, 1.54) is 6.42 Å². The topological polar surface area (TPSA) is 41.5 Å². The van der Waals surface area contributed by atoms with Crippen LogP contribution < -0.4 is 5.32 Å². The van der Waals surface area contributed by atoms with Crippen LogP contribution in [0.15, 0.2) is 0 Å². The van der Waals surface area contributed by atoms with Gasteiger partial charge in [-0.2, -0.15) is 11.8 Å². The molecular weight excluding hydrogens is 198 g/mol. The molecule has 0 amide bonds. The summed E-state index contributed by atoms with van der Waals surface area (Å²) in [5.74, 6) is 1.76. The molecule has 0 aliphatic carbocycles. The molecule has 14 heavy (non-hydrogen) atoms. The molecule has 0 aromatic carbocycles. The number of thioether (sulfide) groups is 1. The second kappa shape index (κ2) is 7.51. The van der Waals surface area contributed by atoms with Gasteiger partial charge in [0.05, 0.1) is 6.61 Å². The molecule has 4 heteroatoms. The monoisotopic (exact) mass is 219 g/mol. The lowest BCUT2D eigenvalue weighted by Crippen LogP contribution is -2.36. The van der Waals surface area contributed by atoms with E-state index in [9.17, 15) is 0 Å². The Morgan fingerprint density at radius 3 is 3.07 bits per heavy atom. The summed E-state index contributed by atoms with van der Waals surface area (Å²) in [5.41, 5.74) is 0. The molecule has 1 aliphatic heterocycles. The third kappa shape index (κ3) is 4.64. The van der Waals surface area contributed by atoms with E-state index in [4.69, 9.17) is 9.84 Å². The van der Waals surface area contributed by atoms with Gasteiger partial charge >= 0.3 is 0 Å². The Hall–Kier alpha value is 0.230. The highest BCUT2D eigenvalue weighted by atomic mass is 32.2. The summed E-state index contributed by atoms with van der Waals surface area (Å²) in [6, 6.07) is 0.454. The molecule has 2 N–H and O–H groups in total. The first kappa shape index (κ1) is 12.3. The summed E-state index contributed by atoms with van der Waals surface area (Å²) in [4.78, 5) is 0. The molecule has 1 saturated heterocycles. The van der Waals surface area contributed by atoms with Gasteiger partial charge in [0.25, 0.3) is 0 Å². The SMILES string of the molecule is CSCC(CCO)NCC1CCOC1. The molecule has 0 radical (unpaired) electrons. The van der Waals surface area contributed by atoms with Crippen molar-refractivity contribution in [3.05, 3.63) is 0 Å². The van der Waals surface area contributed by atoms with Crippen molar-refractivity contribution < 1.29 is 9.84 Å². The fourth-order valence-electron chi connectivity index (χ4n) is 1.68. The maximum absolute atomic E-state index is 8.88. The van der Waals surface area contributed by atoms with Crippen molar-refractivity contribution >= 4 is 11.8 Å². The van der Waals surface area contributed by atoms with Crippen molar-refractivity contribution in [2.24, 2.45) is 5.92 Å². The quantitative estimate of drug-likeness (QED) is 0.662. The van der Waals surface area contributed by atoms with Gasteiger partial charge < -0.3 is 15.2 Å². The molecule has 1 fully saturated rings. The van der Waals surface area contributed by atoms with E-state index >= 15 is 0 Å². The lowest BCUT2D eigenvalue weighted by Gasteiger charge is -2.18. The van der Waals surface area contributed by atoms with Gasteiger partial charge in [0.2, 0.25) is 0 Å². The fourth-order valence-corrected chi connectivity index (χ4v) is 2.37. The highest BCUT2D eigenvalue weighted by Crippen LogP contribution is 2.11. The van der Waals surface area contributed by atoms with Crippen LogP contribution in [-0.4, -0.2) is 49.5 Å². The predicted molar refractivity (Wildman–Crippen MR) is 60.8 cm³/mol. The molecular formula is C10H21NO2S. The Morgan fingerprint density at radius 1 is 1.64 bits per heavy atom. The zero-order valence-electron chi connectivity index (χ0n) is 8.87. The summed E-state index contributed by atoms with van der Waals surface area (Å²) < 4.78 is 5.31. The lowest BCUT2D eigenvalue weighted by molar-refractivity contribution is 0.184. The van der Waals surface area contributed by atoms with Crippen molar-refractivity contribution in [1.82, 2.24) is 5.32 Å². The average Bonchev–Trinajstić information content (AvgIpc) is 2.67. The summed E-state index contributed by atoms with van der Waals surface area (Å²) in [6.45, 7) is 3.13. The van der Waals surface area contributed by atoms with Crippen molar-refractivity contribution in [3.63, 3.8) is 0 Å². The highest BCUT2D eigenvalue weighted by molar-refractivity contribution is 7.98. The molecule has 2 atom stereocenters. The van der Waals surface area contributed by atoms with E-state index in [1.54, 1.807) is 0 Å². The Kier molecular flexibility index (Phi) is 6.60. The normalized spacial score (nSPS) is 24.0. The zero-order valence-corrected chi connectivity index (χ0v) is 9.68. The summed E-state index contributed by atoms with van der Waals surface area (Å²) >= 11 is 1.83. The molecule has 0 saturated carbocycles.